The fraction of sp³-hybridized carbons (Fsp3) is 0.588. The summed E-state index contributed by atoms with van der Waals surface area (Å²) in [6.45, 7) is 4.57. The summed E-state index contributed by atoms with van der Waals surface area (Å²) in [5, 5.41) is 3.15. The van der Waals surface area contributed by atoms with Gasteiger partial charge >= 0.3 is 0 Å². The number of benzene rings is 1. The summed E-state index contributed by atoms with van der Waals surface area (Å²) in [5.41, 5.74) is 8.23. The lowest BCUT2D eigenvalue weighted by Gasteiger charge is -2.32. The summed E-state index contributed by atoms with van der Waals surface area (Å²) in [7, 11) is 3.88. The highest BCUT2D eigenvalue weighted by atomic mass is 16.1. The van der Waals surface area contributed by atoms with Crippen LogP contribution >= 0.6 is 0 Å². The van der Waals surface area contributed by atoms with Gasteiger partial charge in [0.25, 0.3) is 5.91 Å². The SMILES string of the molecule is CC1CCC(NC(=O)c2ccc(N(C)C)c(N)c2)CC1C. The molecule has 3 unspecified atom stereocenters. The molecule has 0 spiro atoms. The average Bonchev–Trinajstić information content (AvgIpc) is 2.42. The number of nitrogen functional groups attached to an aromatic ring is 1. The van der Waals surface area contributed by atoms with Crippen LogP contribution in [-0.2, 0) is 0 Å². The molecule has 1 amide bonds. The zero-order chi connectivity index (χ0) is 15.6. The lowest BCUT2D eigenvalue weighted by Crippen LogP contribution is -2.39. The Morgan fingerprint density at radius 2 is 1.95 bits per heavy atom. The van der Waals surface area contributed by atoms with Gasteiger partial charge in [0.1, 0.15) is 0 Å². The largest absolute Gasteiger partial charge is 0.397 e. The maximum Gasteiger partial charge on any atom is 0.251 e. The van der Waals surface area contributed by atoms with Gasteiger partial charge in [-0.25, -0.2) is 0 Å². The van der Waals surface area contributed by atoms with Crippen molar-refractivity contribution in [3.63, 3.8) is 0 Å². The van der Waals surface area contributed by atoms with Gasteiger partial charge in [0.2, 0.25) is 0 Å². The number of amides is 1. The number of anilines is 2. The summed E-state index contributed by atoms with van der Waals surface area (Å²) in [6.07, 6.45) is 3.33. The molecule has 0 radical (unpaired) electrons. The molecule has 1 aliphatic carbocycles. The molecule has 116 valence electrons. The molecule has 0 bridgehead atoms. The first-order valence-corrected chi connectivity index (χ1v) is 7.76. The second kappa shape index (κ2) is 6.37. The highest BCUT2D eigenvalue weighted by molar-refractivity contribution is 5.96. The third kappa shape index (κ3) is 3.69. The van der Waals surface area contributed by atoms with Crippen LogP contribution in [0.5, 0.6) is 0 Å². The topological polar surface area (TPSA) is 58.4 Å². The van der Waals surface area contributed by atoms with Gasteiger partial charge in [-0.15, -0.1) is 0 Å². The minimum absolute atomic E-state index is 0.0150. The van der Waals surface area contributed by atoms with Crippen molar-refractivity contribution in [1.29, 1.82) is 0 Å². The zero-order valence-corrected chi connectivity index (χ0v) is 13.5. The quantitative estimate of drug-likeness (QED) is 0.841. The molecule has 0 heterocycles. The van der Waals surface area contributed by atoms with Gasteiger partial charge in [-0.2, -0.15) is 0 Å². The van der Waals surface area contributed by atoms with Crippen LogP contribution < -0.4 is 16.0 Å². The number of nitrogens with zero attached hydrogens (tertiary/aromatic N) is 1. The Bertz CT molecular complexity index is 513. The molecule has 1 aromatic rings. The Morgan fingerprint density at radius 1 is 1.24 bits per heavy atom. The molecule has 3 atom stereocenters. The van der Waals surface area contributed by atoms with E-state index in [9.17, 15) is 4.79 Å². The molecule has 1 fully saturated rings. The first-order chi connectivity index (χ1) is 9.88. The molecular formula is C17H27N3O. The van der Waals surface area contributed by atoms with Crippen LogP contribution in [0.1, 0.15) is 43.5 Å². The summed E-state index contributed by atoms with van der Waals surface area (Å²) in [4.78, 5) is 14.3. The first kappa shape index (κ1) is 15.7. The van der Waals surface area contributed by atoms with E-state index < -0.39 is 0 Å². The summed E-state index contributed by atoms with van der Waals surface area (Å²) in [5.74, 6) is 1.41. The number of rotatable bonds is 3. The number of nitrogens with one attached hydrogen (secondary N) is 1. The van der Waals surface area contributed by atoms with E-state index in [4.69, 9.17) is 5.73 Å². The van der Waals surface area contributed by atoms with E-state index >= 15 is 0 Å². The molecular weight excluding hydrogens is 262 g/mol. The molecule has 1 aliphatic rings. The number of hydrogen-bond acceptors (Lipinski definition) is 3. The van der Waals surface area contributed by atoms with Crippen molar-refractivity contribution in [2.24, 2.45) is 11.8 Å². The highest BCUT2D eigenvalue weighted by Crippen LogP contribution is 2.29. The Hall–Kier alpha value is -1.71. The van der Waals surface area contributed by atoms with E-state index in [-0.39, 0.29) is 5.91 Å². The maximum atomic E-state index is 12.4. The van der Waals surface area contributed by atoms with Crippen molar-refractivity contribution in [2.45, 2.75) is 39.2 Å². The zero-order valence-electron chi connectivity index (χ0n) is 13.5. The van der Waals surface area contributed by atoms with Crippen LogP contribution in [0.25, 0.3) is 0 Å². The van der Waals surface area contributed by atoms with E-state index in [2.05, 4.69) is 19.2 Å². The van der Waals surface area contributed by atoms with Crippen molar-refractivity contribution < 1.29 is 4.79 Å². The van der Waals surface area contributed by atoms with Crippen molar-refractivity contribution >= 4 is 17.3 Å². The van der Waals surface area contributed by atoms with Crippen LogP contribution in [0.2, 0.25) is 0 Å². The average molecular weight is 289 g/mol. The number of carbonyl (C=O) groups excluding carboxylic acids is 1. The third-order valence-electron chi connectivity index (χ3n) is 4.70. The normalized spacial score (nSPS) is 25.4. The smallest absolute Gasteiger partial charge is 0.251 e. The second-order valence-corrected chi connectivity index (χ2v) is 6.61. The number of hydrogen-bond donors (Lipinski definition) is 2. The van der Waals surface area contributed by atoms with Gasteiger partial charge in [-0.1, -0.05) is 13.8 Å². The van der Waals surface area contributed by atoms with Crippen LogP contribution in [0, 0.1) is 11.8 Å². The first-order valence-electron chi connectivity index (χ1n) is 7.76. The summed E-state index contributed by atoms with van der Waals surface area (Å²) < 4.78 is 0. The third-order valence-corrected chi connectivity index (χ3v) is 4.70. The molecule has 4 nitrogen and oxygen atoms in total. The molecule has 0 aromatic heterocycles. The minimum atomic E-state index is -0.0150. The number of nitrogens with two attached hydrogens (primary N) is 1. The van der Waals surface area contributed by atoms with Crippen molar-refractivity contribution in [3.8, 4) is 0 Å². The molecule has 21 heavy (non-hydrogen) atoms. The van der Waals surface area contributed by atoms with E-state index in [0.717, 1.165) is 24.4 Å². The predicted molar refractivity (Wildman–Crippen MR) is 88.6 cm³/mol. The van der Waals surface area contributed by atoms with Gasteiger partial charge in [-0.05, 0) is 49.3 Å². The monoisotopic (exact) mass is 289 g/mol. The van der Waals surface area contributed by atoms with Crippen molar-refractivity contribution in [3.05, 3.63) is 23.8 Å². The van der Waals surface area contributed by atoms with E-state index in [0.29, 0.717) is 23.2 Å². The standard InChI is InChI=1S/C17H27N3O/c1-11-5-7-14(9-12(11)2)19-17(21)13-6-8-16(20(3)4)15(18)10-13/h6,8,10-12,14H,5,7,9,18H2,1-4H3,(H,19,21). The van der Waals surface area contributed by atoms with Crippen LogP contribution in [0.3, 0.4) is 0 Å². The molecule has 2 rings (SSSR count). The Balaban J connectivity index is 2.02. The van der Waals surface area contributed by atoms with Crippen LogP contribution in [0.4, 0.5) is 11.4 Å². The lowest BCUT2D eigenvalue weighted by atomic mass is 9.79. The molecule has 4 heteroatoms. The van der Waals surface area contributed by atoms with E-state index in [1.165, 1.54) is 6.42 Å². The predicted octanol–water partition coefficient (Wildman–Crippen LogP) is 2.89. The lowest BCUT2D eigenvalue weighted by molar-refractivity contribution is 0.0910. The molecule has 0 saturated heterocycles. The second-order valence-electron chi connectivity index (χ2n) is 6.61. The minimum Gasteiger partial charge on any atom is -0.397 e. The molecule has 3 N–H and O–H groups in total. The Labute approximate surface area is 127 Å². The number of carbonyl (C=O) groups is 1. The van der Waals surface area contributed by atoms with E-state index in [1.54, 1.807) is 6.07 Å². The fourth-order valence-corrected chi connectivity index (χ4v) is 3.05. The molecule has 0 aliphatic heterocycles. The maximum absolute atomic E-state index is 12.4. The van der Waals surface area contributed by atoms with Gasteiger partial charge in [0.15, 0.2) is 0 Å². The van der Waals surface area contributed by atoms with Gasteiger partial charge < -0.3 is 16.0 Å². The Morgan fingerprint density at radius 3 is 2.52 bits per heavy atom. The fourth-order valence-electron chi connectivity index (χ4n) is 3.05. The highest BCUT2D eigenvalue weighted by Gasteiger charge is 2.25. The summed E-state index contributed by atoms with van der Waals surface area (Å²) >= 11 is 0. The molecule has 1 aromatic carbocycles. The summed E-state index contributed by atoms with van der Waals surface area (Å²) in [6, 6.07) is 5.80. The van der Waals surface area contributed by atoms with Crippen LogP contribution in [-0.4, -0.2) is 26.0 Å². The van der Waals surface area contributed by atoms with Crippen molar-refractivity contribution in [2.75, 3.05) is 24.7 Å². The van der Waals surface area contributed by atoms with Crippen molar-refractivity contribution in [1.82, 2.24) is 5.32 Å². The van der Waals surface area contributed by atoms with E-state index in [1.807, 2.05) is 31.1 Å². The van der Waals surface area contributed by atoms with Crippen LogP contribution in [0.15, 0.2) is 18.2 Å². The van der Waals surface area contributed by atoms with Gasteiger partial charge in [0, 0.05) is 25.7 Å². The molecule has 1 saturated carbocycles. The van der Waals surface area contributed by atoms with Gasteiger partial charge in [-0.3, -0.25) is 4.79 Å². The Kier molecular flexibility index (Phi) is 4.76. The van der Waals surface area contributed by atoms with Gasteiger partial charge in [0.05, 0.1) is 11.4 Å².